The number of nitrogens with one attached hydrogen (secondary N) is 2. The molecule has 1 aromatic heterocycles. The summed E-state index contributed by atoms with van der Waals surface area (Å²) in [5, 5.41) is 15.9. The van der Waals surface area contributed by atoms with Gasteiger partial charge in [0.2, 0.25) is 0 Å². The minimum atomic E-state index is -1.11. The van der Waals surface area contributed by atoms with E-state index >= 15 is 0 Å². The maximum atomic E-state index is 13.1. The van der Waals surface area contributed by atoms with Gasteiger partial charge in [0.25, 0.3) is 0 Å². The van der Waals surface area contributed by atoms with Gasteiger partial charge in [-0.25, -0.2) is 14.0 Å². The first-order chi connectivity index (χ1) is 9.97. The lowest BCUT2D eigenvalue weighted by molar-refractivity contribution is 0.0698. The van der Waals surface area contributed by atoms with E-state index in [9.17, 15) is 14.0 Å². The second-order valence-electron chi connectivity index (χ2n) is 4.34. The van der Waals surface area contributed by atoms with Gasteiger partial charge in [-0.3, -0.25) is 5.32 Å². The third-order valence-corrected chi connectivity index (χ3v) is 3.65. The van der Waals surface area contributed by atoms with Crippen LogP contribution in [0.15, 0.2) is 35.7 Å². The average molecular weight is 308 g/mol. The van der Waals surface area contributed by atoms with Crippen molar-refractivity contribution in [2.24, 2.45) is 0 Å². The molecule has 0 aliphatic rings. The van der Waals surface area contributed by atoms with Crippen LogP contribution in [0.2, 0.25) is 0 Å². The third-order valence-electron chi connectivity index (χ3n) is 2.82. The number of aromatic carboxylic acids is 1. The lowest BCUT2D eigenvalue weighted by Crippen LogP contribution is -2.31. The highest BCUT2D eigenvalue weighted by molar-refractivity contribution is 7.14. The van der Waals surface area contributed by atoms with Gasteiger partial charge in [0, 0.05) is 0 Å². The van der Waals surface area contributed by atoms with Crippen molar-refractivity contribution in [2.45, 2.75) is 13.0 Å². The summed E-state index contributed by atoms with van der Waals surface area (Å²) in [7, 11) is 0. The molecule has 0 spiro atoms. The van der Waals surface area contributed by atoms with E-state index in [1.165, 1.54) is 18.2 Å². The van der Waals surface area contributed by atoms with Crippen molar-refractivity contribution < 1.29 is 19.1 Å². The van der Waals surface area contributed by atoms with Crippen LogP contribution < -0.4 is 10.6 Å². The van der Waals surface area contributed by atoms with E-state index in [0.717, 1.165) is 11.3 Å². The van der Waals surface area contributed by atoms with Gasteiger partial charge in [0.1, 0.15) is 10.8 Å². The number of thiophene rings is 1. The van der Waals surface area contributed by atoms with Crippen molar-refractivity contribution in [3.63, 3.8) is 0 Å². The maximum absolute atomic E-state index is 13.1. The van der Waals surface area contributed by atoms with E-state index in [-0.39, 0.29) is 16.4 Å². The minimum Gasteiger partial charge on any atom is -0.478 e. The first-order valence-electron chi connectivity index (χ1n) is 6.11. The first kappa shape index (κ1) is 15.0. The van der Waals surface area contributed by atoms with Crippen molar-refractivity contribution in [1.82, 2.24) is 5.32 Å². The van der Waals surface area contributed by atoms with E-state index < -0.39 is 18.0 Å². The fourth-order valence-electron chi connectivity index (χ4n) is 1.77. The molecule has 0 bridgehead atoms. The van der Waals surface area contributed by atoms with Gasteiger partial charge in [-0.15, -0.1) is 11.3 Å². The van der Waals surface area contributed by atoms with Crippen LogP contribution in [-0.2, 0) is 0 Å². The number of carboxylic acid groups (broad SMARTS) is 1. The maximum Gasteiger partial charge on any atom is 0.338 e. The van der Waals surface area contributed by atoms with E-state index in [1.54, 1.807) is 24.4 Å². The molecule has 2 amide bonds. The number of anilines is 1. The van der Waals surface area contributed by atoms with Crippen molar-refractivity contribution >= 4 is 28.3 Å². The number of halogens is 1. The van der Waals surface area contributed by atoms with Gasteiger partial charge in [-0.05, 0) is 36.1 Å². The van der Waals surface area contributed by atoms with Crippen molar-refractivity contribution in [3.05, 3.63) is 52.7 Å². The van der Waals surface area contributed by atoms with Crippen LogP contribution >= 0.6 is 11.3 Å². The molecule has 0 saturated carbocycles. The molecular weight excluding hydrogens is 295 g/mol. The lowest BCUT2D eigenvalue weighted by Gasteiger charge is -2.14. The molecule has 0 aliphatic carbocycles. The van der Waals surface area contributed by atoms with Gasteiger partial charge in [0.05, 0.1) is 11.6 Å². The molecule has 0 unspecified atom stereocenters. The highest BCUT2D eigenvalue weighted by atomic mass is 32.1. The van der Waals surface area contributed by atoms with Crippen molar-refractivity contribution in [1.29, 1.82) is 0 Å². The van der Waals surface area contributed by atoms with Crippen LogP contribution in [0, 0.1) is 5.82 Å². The standard InChI is InChI=1S/C14H13FN2O3S/c1-8(9-3-2-4-10(15)7-9)16-14(20)17-12-11(13(18)19)5-6-21-12/h2-8H,1H3,(H,18,19)(H2,16,17,20)/t8-/m0/s1. The predicted octanol–water partition coefficient (Wildman–Crippen LogP) is 3.47. The smallest absolute Gasteiger partial charge is 0.338 e. The van der Waals surface area contributed by atoms with Crippen LogP contribution in [0.25, 0.3) is 0 Å². The molecule has 1 aromatic carbocycles. The summed E-state index contributed by atoms with van der Waals surface area (Å²) in [6, 6.07) is 6.37. The Hall–Kier alpha value is -2.41. The molecule has 0 fully saturated rings. The molecule has 2 aromatic rings. The summed E-state index contributed by atoms with van der Waals surface area (Å²) in [6.07, 6.45) is 0. The van der Waals surface area contributed by atoms with Gasteiger partial charge >= 0.3 is 12.0 Å². The number of rotatable bonds is 4. The Morgan fingerprint density at radius 3 is 2.76 bits per heavy atom. The summed E-state index contributed by atoms with van der Waals surface area (Å²) >= 11 is 1.12. The van der Waals surface area contributed by atoms with Gasteiger partial charge < -0.3 is 10.4 Å². The molecule has 0 radical (unpaired) electrons. The first-order valence-corrected chi connectivity index (χ1v) is 6.99. The molecule has 2 rings (SSSR count). The Balaban J connectivity index is 2.01. The van der Waals surface area contributed by atoms with E-state index in [2.05, 4.69) is 10.6 Å². The van der Waals surface area contributed by atoms with Crippen LogP contribution in [0.5, 0.6) is 0 Å². The summed E-state index contributed by atoms with van der Waals surface area (Å²) in [5.41, 5.74) is 0.656. The fraction of sp³-hybridized carbons (Fsp3) is 0.143. The Labute approximate surface area is 124 Å². The lowest BCUT2D eigenvalue weighted by atomic mass is 10.1. The second-order valence-corrected chi connectivity index (χ2v) is 5.26. The van der Waals surface area contributed by atoms with E-state index in [4.69, 9.17) is 5.11 Å². The number of amides is 2. The van der Waals surface area contributed by atoms with Gasteiger partial charge in [-0.1, -0.05) is 12.1 Å². The monoisotopic (exact) mass is 308 g/mol. The molecule has 110 valence electrons. The number of carbonyl (C=O) groups is 2. The zero-order valence-corrected chi connectivity index (χ0v) is 11.9. The normalized spacial score (nSPS) is 11.7. The summed E-state index contributed by atoms with van der Waals surface area (Å²) < 4.78 is 13.1. The van der Waals surface area contributed by atoms with Gasteiger partial charge in [0.15, 0.2) is 0 Å². The zero-order chi connectivity index (χ0) is 15.4. The number of hydrogen-bond acceptors (Lipinski definition) is 3. The van der Waals surface area contributed by atoms with Gasteiger partial charge in [-0.2, -0.15) is 0 Å². The molecule has 21 heavy (non-hydrogen) atoms. The molecule has 1 atom stereocenters. The number of hydrogen-bond donors (Lipinski definition) is 3. The molecule has 0 saturated heterocycles. The Bertz CT molecular complexity index is 672. The number of carbonyl (C=O) groups excluding carboxylic acids is 1. The van der Waals surface area contributed by atoms with E-state index in [1.807, 2.05) is 0 Å². The SMILES string of the molecule is C[C@H](NC(=O)Nc1sccc1C(=O)O)c1cccc(F)c1. The molecule has 5 nitrogen and oxygen atoms in total. The average Bonchev–Trinajstić information content (AvgIpc) is 2.86. The van der Waals surface area contributed by atoms with Crippen LogP contribution in [0.3, 0.4) is 0 Å². The van der Waals surface area contributed by atoms with Crippen LogP contribution in [0.4, 0.5) is 14.2 Å². The quantitative estimate of drug-likeness (QED) is 0.809. The van der Waals surface area contributed by atoms with Crippen LogP contribution in [-0.4, -0.2) is 17.1 Å². The topological polar surface area (TPSA) is 78.4 Å². The fourth-order valence-corrected chi connectivity index (χ4v) is 2.54. The predicted molar refractivity (Wildman–Crippen MR) is 78.2 cm³/mol. The molecule has 0 aliphatic heterocycles. The summed E-state index contributed by atoms with van der Waals surface area (Å²) in [4.78, 5) is 22.8. The number of carboxylic acids is 1. The van der Waals surface area contributed by atoms with Crippen molar-refractivity contribution in [2.75, 3.05) is 5.32 Å². The number of benzene rings is 1. The molecule has 7 heteroatoms. The van der Waals surface area contributed by atoms with Crippen molar-refractivity contribution in [3.8, 4) is 0 Å². The van der Waals surface area contributed by atoms with E-state index in [0.29, 0.717) is 5.56 Å². The molecule has 3 N–H and O–H groups in total. The Morgan fingerprint density at radius 1 is 1.33 bits per heavy atom. The second kappa shape index (κ2) is 6.36. The molecular formula is C14H13FN2O3S. The Kier molecular flexibility index (Phi) is 4.54. The molecule has 1 heterocycles. The highest BCUT2D eigenvalue weighted by Crippen LogP contribution is 2.23. The summed E-state index contributed by atoms with van der Waals surface area (Å²) in [6.45, 7) is 1.71. The van der Waals surface area contributed by atoms with Crippen LogP contribution in [0.1, 0.15) is 28.9 Å². The Morgan fingerprint density at radius 2 is 2.10 bits per heavy atom. The zero-order valence-electron chi connectivity index (χ0n) is 11.1. The summed E-state index contributed by atoms with van der Waals surface area (Å²) in [5.74, 6) is -1.49. The highest BCUT2D eigenvalue weighted by Gasteiger charge is 2.15. The third kappa shape index (κ3) is 3.79. The minimum absolute atomic E-state index is 0.0357. The largest absolute Gasteiger partial charge is 0.478 e. The number of urea groups is 1.